The van der Waals surface area contributed by atoms with Gasteiger partial charge in [-0.1, -0.05) is 11.6 Å². The molecule has 6 heteroatoms. The van der Waals surface area contributed by atoms with Gasteiger partial charge >= 0.3 is 6.18 Å². The second-order valence-electron chi connectivity index (χ2n) is 4.03. The maximum atomic E-state index is 12.2. The van der Waals surface area contributed by atoms with E-state index in [1.54, 1.807) is 0 Å². The van der Waals surface area contributed by atoms with E-state index in [0.717, 1.165) is 31.9 Å². The van der Waals surface area contributed by atoms with E-state index in [4.69, 9.17) is 0 Å². The Morgan fingerprint density at radius 1 is 1.44 bits per heavy atom. The highest BCUT2D eigenvalue weighted by molar-refractivity contribution is 5.09. The molecule has 0 saturated carbocycles. The maximum Gasteiger partial charge on any atom is 0.436 e. The summed E-state index contributed by atoms with van der Waals surface area (Å²) in [6.07, 6.45) is -0.731. The first-order valence-electron chi connectivity index (χ1n) is 5.32. The summed E-state index contributed by atoms with van der Waals surface area (Å²) in [6.45, 7) is 0.922. The number of halogens is 3. The van der Waals surface area contributed by atoms with Crippen molar-refractivity contribution in [2.24, 2.45) is 0 Å². The molecule has 3 nitrogen and oxygen atoms in total. The fourth-order valence-electron chi connectivity index (χ4n) is 1.88. The second-order valence-corrected chi connectivity index (χ2v) is 4.03. The molecule has 16 heavy (non-hydrogen) atoms. The van der Waals surface area contributed by atoms with Gasteiger partial charge < -0.3 is 9.84 Å². The number of hydrogen-bond acceptors (Lipinski definition) is 3. The predicted molar refractivity (Wildman–Crippen MR) is 50.9 cm³/mol. The lowest BCUT2D eigenvalue weighted by Gasteiger charge is -2.21. The zero-order valence-electron chi connectivity index (χ0n) is 8.68. The van der Waals surface area contributed by atoms with E-state index in [1.165, 1.54) is 0 Å². The van der Waals surface area contributed by atoms with Crippen molar-refractivity contribution in [3.05, 3.63) is 17.5 Å². The Bertz CT molecular complexity index is 342. The number of nitrogens with zero attached hydrogens (tertiary/aromatic N) is 1. The molecule has 1 unspecified atom stereocenters. The van der Waals surface area contributed by atoms with Crippen molar-refractivity contribution in [3.63, 3.8) is 0 Å². The van der Waals surface area contributed by atoms with Crippen LogP contribution in [0.5, 0.6) is 0 Å². The first-order valence-corrected chi connectivity index (χ1v) is 5.32. The molecule has 1 aromatic heterocycles. The lowest BCUT2D eigenvalue weighted by Crippen LogP contribution is -2.35. The second kappa shape index (κ2) is 4.45. The molecule has 0 radical (unpaired) electrons. The molecule has 1 fully saturated rings. The van der Waals surface area contributed by atoms with Crippen molar-refractivity contribution in [3.8, 4) is 0 Å². The van der Waals surface area contributed by atoms with Gasteiger partial charge in [-0.2, -0.15) is 13.2 Å². The Morgan fingerprint density at radius 3 is 2.81 bits per heavy atom. The van der Waals surface area contributed by atoms with E-state index >= 15 is 0 Å². The standard InChI is InChI=1S/C10H13F3N2O/c11-10(12,13)9-6-8(16-15-9)5-7-3-1-2-4-14-7/h6-7,14H,1-5H2. The summed E-state index contributed by atoms with van der Waals surface area (Å²) in [4.78, 5) is 0. The van der Waals surface area contributed by atoms with E-state index in [-0.39, 0.29) is 6.04 Å². The molecule has 1 atom stereocenters. The van der Waals surface area contributed by atoms with Gasteiger partial charge in [0.05, 0.1) is 0 Å². The summed E-state index contributed by atoms with van der Waals surface area (Å²) >= 11 is 0. The third kappa shape index (κ3) is 2.75. The van der Waals surface area contributed by atoms with Gasteiger partial charge in [0, 0.05) is 18.5 Å². The molecule has 1 aliphatic rings. The van der Waals surface area contributed by atoms with Crippen LogP contribution in [0.25, 0.3) is 0 Å². The van der Waals surface area contributed by atoms with Crippen LogP contribution >= 0.6 is 0 Å². The van der Waals surface area contributed by atoms with Crippen molar-refractivity contribution >= 4 is 0 Å². The molecule has 0 bridgehead atoms. The van der Waals surface area contributed by atoms with Crippen molar-refractivity contribution in [1.82, 2.24) is 10.5 Å². The van der Waals surface area contributed by atoms with Crippen LogP contribution in [-0.4, -0.2) is 17.7 Å². The van der Waals surface area contributed by atoms with Crippen molar-refractivity contribution in [1.29, 1.82) is 0 Å². The highest BCUT2D eigenvalue weighted by atomic mass is 19.4. The molecule has 1 aliphatic heterocycles. The molecule has 90 valence electrons. The van der Waals surface area contributed by atoms with Gasteiger partial charge in [0.1, 0.15) is 5.76 Å². The molecule has 0 amide bonds. The quantitative estimate of drug-likeness (QED) is 0.853. The molecule has 2 rings (SSSR count). The monoisotopic (exact) mass is 234 g/mol. The highest BCUT2D eigenvalue weighted by Gasteiger charge is 2.35. The molecular weight excluding hydrogens is 221 g/mol. The summed E-state index contributed by atoms with van der Waals surface area (Å²) in [6, 6.07) is 1.19. The molecular formula is C10H13F3N2O. The normalized spacial score (nSPS) is 22.3. The lowest BCUT2D eigenvalue weighted by molar-refractivity contribution is -0.142. The molecule has 0 aromatic carbocycles. The average molecular weight is 234 g/mol. The smallest absolute Gasteiger partial charge is 0.361 e. The predicted octanol–water partition coefficient (Wildman–Crippen LogP) is 2.38. The minimum absolute atomic E-state index is 0.211. The van der Waals surface area contributed by atoms with Gasteiger partial charge in [0.2, 0.25) is 0 Å². The van der Waals surface area contributed by atoms with Crippen LogP contribution < -0.4 is 5.32 Å². The fourth-order valence-corrected chi connectivity index (χ4v) is 1.88. The minimum Gasteiger partial charge on any atom is -0.361 e. The van der Waals surface area contributed by atoms with Crippen LogP contribution in [0.4, 0.5) is 13.2 Å². The fraction of sp³-hybridized carbons (Fsp3) is 0.700. The van der Waals surface area contributed by atoms with E-state index in [9.17, 15) is 13.2 Å². The summed E-state index contributed by atoms with van der Waals surface area (Å²) in [5.41, 5.74) is -0.946. The minimum atomic E-state index is -4.41. The zero-order valence-corrected chi connectivity index (χ0v) is 8.68. The summed E-state index contributed by atoms with van der Waals surface area (Å²) in [5, 5.41) is 6.27. The zero-order chi connectivity index (χ0) is 11.6. The van der Waals surface area contributed by atoms with Crippen LogP contribution in [0.15, 0.2) is 10.6 Å². The highest BCUT2D eigenvalue weighted by Crippen LogP contribution is 2.29. The van der Waals surface area contributed by atoms with Gasteiger partial charge in [0.25, 0.3) is 0 Å². The molecule has 0 aliphatic carbocycles. The van der Waals surface area contributed by atoms with Gasteiger partial charge in [-0.15, -0.1) is 0 Å². The van der Waals surface area contributed by atoms with Crippen molar-refractivity contribution in [2.45, 2.75) is 37.9 Å². The van der Waals surface area contributed by atoms with E-state index < -0.39 is 11.9 Å². The van der Waals surface area contributed by atoms with Gasteiger partial charge in [-0.3, -0.25) is 0 Å². The number of nitrogens with one attached hydrogen (secondary N) is 1. The van der Waals surface area contributed by atoms with Crippen LogP contribution in [-0.2, 0) is 12.6 Å². The van der Waals surface area contributed by atoms with Crippen LogP contribution in [0, 0.1) is 0 Å². The van der Waals surface area contributed by atoms with Crippen LogP contribution in [0.2, 0.25) is 0 Å². The number of rotatable bonds is 2. The SMILES string of the molecule is FC(F)(F)c1cc(CC2CCCCN2)on1. The van der Waals surface area contributed by atoms with Crippen molar-refractivity contribution < 1.29 is 17.7 Å². The number of alkyl halides is 3. The molecule has 2 heterocycles. The Labute approximate surface area is 91.0 Å². The van der Waals surface area contributed by atoms with Gasteiger partial charge in [-0.25, -0.2) is 0 Å². The summed E-state index contributed by atoms with van der Waals surface area (Å²) < 4.78 is 41.4. The summed E-state index contributed by atoms with van der Waals surface area (Å²) in [5.74, 6) is 0.298. The third-order valence-electron chi connectivity index (χ3n) is 2.71. The topological polar surface area (TPSA) is 38.1 Å². The first-order chi connectivity index (χ1) is 7.55. The van der Waals surface area contributed by atoms with Gasteiger partial charge in [-0.05, 0) is 19.4 Å². The molecule has 1 saturated heterocycles. The number of aromatic nitrogens is 1. The van der Waals surface area contributed by atoms with Crippen LogP contribution in [0.1, 0.15) is 30.7 Å². The maximum absolute atomic E-state index is 12.2. The molecule has 1 aromatic rings. The lowest BCUT2D eigenvalue weighted by atomic mass is 10.0. The average Bonchev–Trinajstić information content (AvgIpc) is 2.67. The Kier molecular flexibility index (Phi) is 3.18. The Morgan fingerprint density at radius 2 is 2.25 bits per heavy atom. The van der Waals surface area contributed by atoms with Gasteiger partial charge in [0.15, 0.2) is 5.69 Å². The molecule has 0 spiro atoms. The molecule has 1 N–H and O–H groups in total. The first kappa shape index (κ1) is 11.4. The Hall–Kier alpha value is -1.04. The number of hydrogen-bond donors (Lipinski definition) is 1. The third-order valence-corrected chi connectivity index (χ3v) is 2.71. The van der Waals surface area contributed by atoms with Crippen LogP contribution in [0.3, 0.4) is 0 Å². The van der Waals surface area contributed by atoms with E-state index in [0.29, 0.717) is 12.2 Å². The van der Waals surface area contributed by atoms with E-state index in [2.05, 4.69) is 15.0 Å². The Balaban J connectivity index is 1.97. The summed E-state index contributed by atoms with van der Waals surface area (Å²) in [7, 11) is 0. The largest absolute Gasteiger partial charge is 0.436 e. The number of piperidine rings is 1. The van der Waals surface area contributed by atoms with Crippen molar-refractivity contribution in [2.75, 3.05) is 6.54 Å². The van der Waals surface area contributed by atoms with E-state index in [1.807, 2.05) is 0 Å².